The number of halogens is 1. The van der Waals surface area contributed by atoms with Gasteiger partial charge in [-0.05, 0) is 25.1 Å². The molecule has 0 radical (unpaired) electrons. The summed E-state index contributed by atoms with van der Waals surface area (Å²) in [5, 5.41) is 9.16. The van der Waals surface area contributed by atoms with E-state index in [0.29, 0.717) is 0 Å². The number of carbonyl (C=O) groups is 2. The Kier molecular flexibility index (Phi) is 3.94. The van der Waals surface area contributed by atoms with E-state index in [1.54, 1.807) is 6.92 Å². The maximum absolute atomic E-state index is 14.1. The number of carboxylic acid groups (broad SMARTS) is 1. The number of aliphatic carboxylic acids is 1. The molecule has 0 aliphatic carbocycles. The second-order valence-electron chi connectivity index (χ2n) is 5.99. The Morgan fingerprint density at radius 3 is 2.68 bits per heavy atom. The molecule has 3 rings (SSSR count). The molecule has 1 aliphatic heterocycles. The van der Waals surface area contributed by atoms with Gasteiger partial charge < -0.3 is 15.0 Å². The van der Waals surface area contributed by atoms with Gasteiger partial charge in [0.1, 0.15) is 0 Å². The molecule has 9 heteroatoms. The lowest BCUT2D eigenvalue weighted by Gasteiger charge is -2.18. The van der Waals surface area contributed by atoms with E-state index in [1.807, 2.05) is 0 Å². The lowest BCUT2D eigenvalue weighted by molar-refractivity contribution is -0.149. The van der Waals surface area contributed by atoms with Crippen LogP contribution >= 0.6 is 0 Å². The second-order valence-corrected chi connectivity index (χ2v) is 5.99. The molecular formula is C16H16FN3O5. The number of nitrogens with one attached hydrogen (secondary N) is 1. The van der Waals surface area contributed by atoms with Crippen molar-refractivity contribution in [2.75, 3.05) is 13.1 Å². The lowest BCUT2D eigenvalue weighted by atomic mass is 10.1. The molecule has 1 unspecified atom stereocenters. The van der Waals surface area contributed by atoms with Gasteiger partial charge >= 0.3 is 11.7 Å². The highest BCUT2D eigenvalue weighted by atomic mass is 19.1. The third-order valence-corrected chi connectivity index (χ3v) is 4.44. The van der Waals surface area contributed by atoms with Crippen molar-refractivity contribution in [1.82, 2.24) is 14.5 Å². The first-order valence-electron chi connectivity index (χ1n) is 7.75. The van der Waals surface area contributed by atoms with Crippen LogP contribution in [-0.4, -0.2) is 50.2 Å². The minimum atomic E-state index is -2.45. The Hall–Kier alpha value is -2.97. The van der Waals surface area contributed by atoms with E-state index >= 15 is 0 Å². The number of hydrogen-bond acceptors (Lipinski definition) is 4. The van der Waals surface area contributed by atoms with E-state index in [2.05, 4.69) is 4.98 Å². The topological polar surface area (TPSA) is 112 Å². The van der Waals surface area contributed by atoms with Gasteiger partial charge in [-0.1, -0.05) is 0 Å². The van der Waals surface area contributed by atoms with Crippen LogP contribution in [0, 0.1) is 0 Å². The molecule has 1 amide bonds. The van der Waals surface area contributed by atoms with Crippen molar-refractivity contribution in [2.24, 2.45) is 0 Å². The van der Waals surface area contributed by atoms with Crippen LogP contribution in [-0.2, 0) is 11.3 Å². The number of benzene rings is 1. The maximum atomic E-state index is 14.1. The zero-order chi connectivity index (χ0) is 18.4. The summed E-state index contributed by atoms with van der Waals surface area (Å²) in [5.41, 5.74) is -3.15. The van der Waals surface area contributed by atoms with Crippen LogP contribution < -0.4 is 11.2 Å². The molecule has 0 saturated carbocycles. The largest absolute Gasteiger partial charge is 0.479 e. The van der Waals surface area contributed by atoms with Crippen molar-refractivity contribution >= 4 is 22.8 Å². The summed E-state index contributed by atoms with van der Waals surface area (Å²) in [6.45, 7) is 1.33. The number of carboxylic acids is 1. The lowest BCUT2D eigenvalue weighted by Crippen LogP contribution is -2.39. The first kappa shape index (κ1) is 16.9. The highest BCUT2D eigenvalue weighted by Crippen LogP contribution is 2.27. The van der Waals surface area contributed by atoms with Gasteiger partial charge in [0.15, 0.2) is 0 Å². The number of fused-ring (bicyclic) bond motifs is 1. The van der Waals surface area contributed by atoms with Gasteiger partial charge in [-0.25, -0.2) is 14.0 Å². The number of aromatic amines is 1. The monoisotopic (exact) mass is 349 g/mol. The Morgan fingerprint density at radius 1 is 1.36 bits per heavy atom. The fraction of sp³-hybridized carbons (Fsp3) is 0.375. The van der Waals surface area contributed by atoms with Gasteiger partial charge in [0.05, 0.1) is 17.4 Å². The summed E-state index contributed by atoms with van der Waals surface area (Å²) in [7, 11) is 0. The number of nitrogens with zero attached hydrogens (tertiary/aromatic N) is 2. The molecule has 1 fully saturated rings. The summed E-state index contributed by atoms with van der Waals surface area (Å²) in [6, 6.07) is 4.17. The van der Waals surface area contributed by atoms with E-state index in [0.717, 1.165) is 9.47 Å². The summed E-state index contributed by atoms with van der Waals surface area (Å²) >= 11 is 0. The van der Waals surface area contributed by atoms with Crippen LogP contribution in [0.25, 0.3) is 10.9 Å². The number of alkyl halides is 1. The van der Waals surface area contributed by atoms with Gasteiger partial charge in [-0.15, -0.1) is 0 Å². The zero-order valence-electron chi connectivity index (χ0n) is 13.4. The molecule has 25 heavy (non-hydrogen) atoms. The number of amides is 1. The van der Waals surface area contributed by atoms with E-state index in [-0.39, 0.29) is 36.0 Å². The van der Waals surface area contributed by atoms with Crippen molar-refractivity contribution < 1.29 is 19.1 Å². The minimum absolute atomic E-state index is 0.0202. The molecule has 8 nitrogen and oxygen atoms in total. The molecule has 0 bridgehead atoms. The number of likely N-dealkylation sites (tertiary alicyclic amines) is 1. The molecule has 0 spiro atoms. The number of H-pyrrole nitrogens is 1. The van der Waals surface area contributed by atoms with Crippen LogP contribution in [0.2, 0.25) is 0 Å². The van der Waals surface area contributed by atoms with E-state index in [1.165, 1.54) is 18.2 Å². The number of aromatic nitrogens is 2. The molecule has 1 aromatic heterocycles. The Balaban J connectivity index is 1.98. The number of carbonyl (C=O) groups excluding carboxylic acids is 1. The second kappa shape index (κ2) is 5.83. The van der Waals surface area contributed by atoms with Crippen LogP contribution in [0.5, 0.6) is 0 Å². The van der Waals surface area contributed by atoms with Crippen molar-refractivity contribution in [1.29, 1.82) is 0 Å². The van der Waals surface area contributed by atoms with E-state index in [9.17, 15) is 23.6 Å². The molecule has 1 aromatic carbocycles. The molecule has 2 N–H and O–H groups in total. The minimum Gasteiger partial charge on any atom is -0.479 e. The summed E-state index contributed by atoms with van der Waals surface area (Å²) in [5.74, 6) is -2.14. The molecule has 2 aromatic rings. The predicted octanol–water partition coefficient (Wildman–Crippen LogP) is 0.348. The zero-order valence-corrected chi connectivity index (χ0v) is 13.4. The van der Waals surface area contributed by atoms with Crippen molar-refractivity contribution in [3.63, 3.8) is 0 Å². The highest BCUT2D eigenvalue weighted by molar-refractivity contribution is 5.98. The van der Waals surface area contributed by atoms with Crippen molar-refractivity contribution in [3.05, 3.63) is 44.6 Å². The van der Waals surface area contributed by atoms with Gasteiger partial charge in [-0.2, -0.15) is 0 Å². The summed E-state index contributed by atoms with van der Waals surface area (Å²) in [6.07, 6.45) is -0.278. The van der Waals surface area contributed by atoms with Gasteiger partial charge in [0.25, 0.3) is 11.5 Å². The molecule has 132 valence electrons. The Morgan fingerprint density at radius 2 is 2.08 bits per heavy atom. The fourth-order valence-corrected chi connectivity index (χ4v) is 2.98. The average molecular weight is 349 g/mol. The van der Waals surface area contributed by atoms with E-state index in [4.69, 9.17) is 5.11 Å². The molecular weight excluding hydrogens is 333 g/mol. The normalized spacial score (nSPS) is 20.2. The molecule has 1 aliphatic rings. The van der Waals surface area contributed by atoms with Gasteiger partial charge in [-0.3, -0.25) is 14.2 Å². The highest BCUT2D eigenvalue weighted by Gasteiger charge is 2.47. The molecule has 2 heterocycles. The molecule has 1 atom stereocenters. The Bertz CT molecular complexity index is 995. The summed E-state index contributed by atoms with van der Waals surface area (Å²) in [4.78, 5) is 51.2. The third kappa shape index (κ3) is 2.71. The average Bonchev–Trinajstić information content (AvgIpc) is 2.98. The van der Waals surface area contributed by atoms with Crippen LogP contribution in [0.4, 0.5) is 4.39 Å². The third-order valence-electron chi connectivity index (χ3n) is 4.44. The van der Waals surface area contributed by atoms with Crippen LogP contribution in [0.15, 0.2) is 27.8 Å². The smallest absolute Gasteiger partial charge is 0.343 e. The number of hydrogen-bond donors (Lipinski definition) is 2. The first-order chi connectivity index (χ1) is 11.8. The quantitative estimate of drug-likeness (QED) is 0.830. The first-order valence-corrected chi connectivity index (χ1v) is 7.75. The SMILES string of the molecule is CCn1c(=O)[nH]c2cc(C(=O)N3CCC(F)(C(=O)O)C3)ccc2c1=O. The predicted molar refractivity (Wildman–Crippen MR) is 86.5 cm³/mol. The van der Waals surface area contributed by atoms with E-state index < -0.39 is 35.3 Å². The maximum Gasteiger partial charge on any atom is 0.343 e. The Labute approximate surface area is 140 Å². The van der Waals surface area contributed by atoms with Crippen molar-refractivity contribution in [3.8, 4) is 0 Å². The van der Waals surface area contributed by atoms with Crippen LogP contribution in [0.3, 0.4) is 0 Å². The fourth-order valence-electron chi connectivity index (χ4n) is 2.98. The van der Waals surface area contributed by atoms with Gasteiger partial charge in [0.2, 0.25) is 5.67 Å². The van der Waals surface area contributed by atoms with Crippen LogP contribution in [0.1, 0.15) is 23.7 Å². The molecule has 1 saturated heterocycles. The standard InChI is InChI=1S/C16H16FN3O5/c1-2-20-13(22)10-4-3-9(7-11(10)18-15(20)25)12(21)19-6-5-16(17,8-19)14(23)24/h3-4,7H,2,5-6,8H2,1H3,(H,18,25)(H,23,24). The number of rotatable bonds is 3. The van der Waals surface area contributed by atoms with Gasteiger partial charge in [0, 0.05) is 25.1 Å². The summed E-state index contributed by atoms with van der Waals surface area (Å²) < 4.78 is 15.2. The van der Waals surface area contributed by atoms with Crippen molar-refractivity contribution in [2.45, 2.75) is 25.6 Å².